The molecule has 1 rings (SSSR count). The van der Waals surface area contributed by atoms with E-state index in [9.17, 15) is 18.8 Å². The van der Waals surface area contributed by atoms with Gasteiger partial charge in [-0.2, -0.15) is 0 Å². The zero-order chi connectivity index (χ0) is 17.6. The summed E-state index contributed by atoms with van der Waals surface area (Å²) >= 11 is 0. The lowest BCUT2D eigenvalue weighted by atomic mass is 10.1. The maximum atomic E-state index is 13.0. The van der Waals surface area contributed by atoms with Crippen molar-refractivity contribution in [1.82, 2.24) is 15.5 Å². The third-order valence-corrected chi connectivity index (χ3v) is 2.81. The molecule has 0 unspecified atom stereocenters. The molecule has 0 atom stereocenters. The van der Waals surface area contributed by atoms with Gasteiger partial charge in [0, 0.05) is 18.2 Å². The minimum Gasteiger partial charge on any atom is -0.350 e. The molecule has 126 valence electrons. The summed E-state index contributed by atoms with van der Waals surface area (Å²) in [5, 5.41) is 5.14. The van der Waals surface area contributed by atoms with Gasteiger partial charge in [0.15, 0.2) is 0 Å². The fourth-order valence-corrected chi connectivity index (χ4v) is 1.78. The van der Waals surface area contributed by atoms with Crippen LogP contribution >= 0.6 is 0 Å². The van der Waals surface area contributed by atoms with Crippen LogP contribution in [0.25, 0.3) is 0 Å². The van der Waals surface area contributed by atoms with E-state index >= 15 is 0 Å². The Morgan fingerprint density at radius 3 is 2.43 bits per heavy atom. The quantitative estimate of drug-likeness (QED) is 0.846. The highest BCUT2D eigenvalue weighted by molar-refractivity contribution is 5.96. The van der Waals surface area contributed by atoms with Crippen molar-refractivity contribution in [3.8, 4) is 0 Å². The van der Waals surface area contributed by atoms with Crippen molar-refractivity contribution in [3.63, 3.8) is 0 Å². The molecular formula is C16H22FN3O3. The standard InChI is InChI=1S/C16H22FN3O3/c1-16(2,3)19-13(21)10-20(4)14(22)9-18-15(23)11-6-5-7-12(17)8-11/h5-8H,9-10H2,1-4H3,(H,18,23)(H,19,21). The van der Waals surface area contributed by atoms with Gasteiger partial charge in [0.2, 0.25) is 11.8 Å². The lowest BCUT2D eigenvalue weighted by molar-refractivity contribution is -0.134. The molecule has 0 aromatic heterocycles. The van der Waals surface area contributed by atoms with Gasteiger partial charge >= 0.3 is 0 Å². The van der Waals surface area contributed by atoms with Gasteiger partial charge < -0.3 is 15.5 Å². The van der Waals surface area contributed by atoms with Crippen LogP contribution in [0.15, 0.2) is 24.3 Å². The molecule has 0 radical (unpaired) electrons. The summed E-state index contributed by atoms with van der Waals surface area (Å²) in [5.74, 6) is -1.78. The van der Waals surface area contributed by atoms with E-state index < -0.39 is 17.6 Å². The van der Waals surface area contributed by atoms with Gasteiger partial charge in [-0.25, -0.2) is 4.39 Å². The number of halogens is 1. The Bertz CT molecular complexity index is 596. The highest BCUT2D eigenvalue weighted by atomic mass is 19.1. The number of nitrogens with one attached hydrogen (secondary N) is 2. The topological polar surface area (TPSA) is 78.5 Å². The van der Waals surface area contributed by atoms with E-state index in [1.807, 2.05) is 20.8 Å². The zero-order valence-electron chi connectivity index (χ0n) is 13.8. The predicted molar refractivity (Wildman–Crippen MR) is 84.3 cm³/mol. The molecule has 23 heavy (non-hydrogen) atoms. The zero-order valence-corrected chi connectivity index (χ0v) is 13.8. The van der Waals surface area contributed by atoms with Gasteiger partial charge in [-0.15, -0.1) is 0 Å². The van der Waals surface area contributed by atoms with Crippen LogP contribution in [0, 0.1) is 5.82 Å². The van der Waals surface area contributed by atoms with Crippen molar-refractivity contribution >= 4 is 17.7 Å². The number of benzene rings is 1. The van der Waals surface area contributed by atoms with Crippen LogP contribution in [0.3, 0.4) is 0 Å². The molecule has 1 aromatic rings. The normalized spacial score (nSPS) is 10.8. The maximum Gasteiger partial charge on any atom is 0.251 e. The molecule has 0 heterocycles. The highest BCUT2D eigenvalue weighted by Crippen LogP contribution is 2.03. The summed E-state index contributed by atoms with van der Waals surface area (Å²) in [7, 11) is 1.47. The van der Waals surface area contributed by atoms with Gasteiger partial charge in [-0.1, -0.05) is 6.07 Å². The molecule has 0 spiro atoms. The summed E-state index contributed by atoms with van der Waals surface area (Å²) in [6.07, 6.45) is 0. The summed E-state index contributed by atoms with van der Waals surface area (Å²) in [6, 6.07) is 5.17. The monoisotopic (exact) mass is 323 g/mol. The molecule has 0 saturated carbocycles. The van der Waals surface area contributed by atoms with E-state index in [0.29, 0.717) is 0 Å². The Morgan fingerprint density at radius 1 is 1.22 bits per heavy atom. The van der Waals surface area contributed by atoms with Crippen LogP contribution in [-0.4, -0.2) is 48.3 Å². The molecule has 2 N–H and O–H groups in total. The SMILES string of the molecule is CN(CC(=O)NC(C)(C)C)C(=O)CNC(=O)c1cccc(F)c1. The second-order valence-electron chi connectivity index (χ2n) is 6.24. The van der Waals surface area contributed by atoms with E-state index in [4.69, 9.17) is 0 Å². The fourth-order valence-electron chi connectivity index (χ4n) is 1.78. The van der Waals surface area contributed by atoms with Crippen LogP contribution in [-0.2, 0) is 9.59 Å². The number of rotatable bonds is 5. The first-order valence-corrected chi connectivity index (χ1v) is 7.17. The Labute approximate surface area is 135 Å². The minimum absolute atomic E-state index is 0.105. The van der Waals surface area contributed by atoms with Crippen molar-refractivity contribution in [2.75, 3.05) is 20.1 Å². The van der Waals surface area contributed by atoms with E-state index in [0.717, 1.165) is 6.07 Å². The first-order valence-electron chi connectivity index (χ1n) is 7.17. The number of hydrogen-bond acceptors (Lipinski definition) is 3. The smallest absolute Gasteiger partial charge is 0.251 e. The van der Waals surface area contributed by atoms with Crippen molar-refractivity contribution in [3.05, 3.63) is 35.6 Å². The van der Waals surface area contributed by atoms with Crippen LogP contribution < -0.4 is 10.6 Å². The van der Waals surface area contributed by atoms with Gasteiger partial charge in [-0.3, -0.25) is 14.4 Å². The Hall–Kier alpha value is -2.44. The molecule has 6 nitrogen and oxygen atoms in total. The summed E-state index contributed by atoms with van der Waals surface area (Å²) in [4.78, 5) is 36.7. The lowest BCUT2D eigenvalue weighted by Gasteiger charge is -2.23. The van der Waals surface area contributed by atoms with Crippen molar-refractivity contribution < 1.29 is 18.8 Å². The van der Waals surface area contributed by atoms with Crippen LogP contribution in [0.5, 0.6) is 0 Å². The van der Waals surface area contributed by atoms with E-state index in [1.54, 1.807) is 0 Å². The third-order valence-electron chi connectivity index (χ3n) is 2.81. The first-order chi connectivity index (χ1) is 10.6. The minimum atomic E-state index is -0.551. The Morgan fingerprint density at radius 2 is 1.87 bits per heavy atom. The summed E-state index contributed by atoms with van der Waals surface area (Å²) in [6.45, 7) is 5.14. The second-order valence-corrected chi connectivity index (χ2v) is 6.24. The average Bonchev–Trinajstić information content (AvgIpc) is 2.42. The number of nitrogens with zero attached hydrogens (tertiary/aromatic N) is 1. The molecular weight excluding hydrogens is 301 g/mol. The van der Waals surface area contributed by atoms with Crippen LogP contribution in [0.1, 0.15) is 31.1 Å². The predicted octanol–water partition coefficient (Wildman–Crippen LogP) is 0.929. The number of carbonyl (C=O) groups is 3. The Balaban J connectivity index is 2.46. The number of amides is 3. The fraction of sp³-hybridized carbons (Fsp3) is 0.438. The number of hydrogen-bond donors (Lipinski definition) is 2. The molecule has 3 amide bonds. The van der Waals surface area contributed by atoms with Crippen LogP contribution in [0.2, 0.25) is 0 Å². The molecule has 7 heteroatoms. The molecule has 1 aromatic carbocycles. The summed E-state index contributed by atoms with van der Waals surface area (Å²) in [5.41, 5.74) is -0.252. The molecule has 0 bridgehead atoms. The van der Waals surface area contributed by atoms with Gasteiger partial charge in [0.1, 0.15) is 5.82 Å². The van der Waals surface area contributed by atoms with Crippen molar-refractivity contribution in [1.29, 1.82) is 0 Å². The van der Waals surface area contributed by atoms with Gasteiger partial charge in [0.25, 0.3) is 5.91 Å². The lowest BCUT2D eigenvalue weighted by Crippen LogP contribution is -2.47. The average molecular weight is 323 g/mol. The second kappa shape index (κ2) is 7.71. The number of carbonyl (C=O) groups excluding carboxylic acids is 3. The molecule has 0 saturated heterocycles. The van der Waals surface area contributed by atoms with E-state index in [1.165, 1.54) is 30.1 Å². The van der Waals surface area contributed by atoms with Crippen molar-refractivity contribution in [2.45, 2.75) is 26.3 Å². The third kappa shape index (κ3) is 6.90. The van der Waals surface area contributed by atoms with Crippen molar-refractivity contribution in [2.24, 2.45) is 0 Å². The Kier molecular flexibility index (Phi) is 6.24. The molecule has 0 aliphatic heterocycles. The highest BCUT2D eigenvalue weighted by Gasteiger charge is 2.18. The maximum absolute atomic E-state index is 13.0. The molecule has 0 fully saturated rings. The van der Waals surface area contributed by atoms with Gasteiger partial charge in [-0.05, 0) is 39.0 Å². The summed E-state index contributed by atoms with van der Waals surface area (Å²) < 4.78 is 13.0. The van der Waals surface area contributed by atoms with Gasteiger partial charge in [0.05, 0.1) is 13.1 Å². The van der Waals surface area contributed by atoms with E-state index in [2.05, 4.69) is 10.6 Å². The van der Waals surface area contributed by atoms with Crippen LogP contribution in [0.4, 0.5) is 4.39 Å². The largest absolute Gasteiger partial charge is 0.350 e. The number of likely N-dealkylation sites (N-methyl/N-ethyl adjacent to an activating group) is 1. The first kappa shape index (κ1) is 18.6. The molecule has 0 aliphatic rings. The molecule has 0 aliphatic carbocycles. The van der Waals surface area contributed by atoms with E-state index in [-0.39, 0.29) is 30.1 Å².